The van der Waals surface area contributed by atoms with Crippen molar-refractivity contribution in [2.45, 2.75) is 31.7 Å². The smallest absolute Gasteiger partial charge is 0.225 e. The Labute approximate surface area is 139 Å². The zero-order chi connectivity index (χ0) is 16.7. The topological polar surface area (TPSA) is 60.5 Å². The number of carbonyl (C=O) groups is 1. The molecular weight excluding hydrogens is 290 g/mol. The molecule has 0 aromatic carbocycles. The molecular formula is C17H29N5O. The van der Waals surface area contributed by atoms with Crippen LogP contribution in [0.2, 0.25) is 0 Å². The second-order valence-corrected chi connectivity index (χ2v) is 6.34. The number of amides is 1. The molecule has 1 fully saturated rings. The molecule has 128 valence electrons. The summed E-state index contributed by atoms with van der Waals surface area (Å²) in [6.07, 6.45) is 5.57. The lowest BCUT2D eigenvalue weighted by molar-refractivity contribution is -0.116. The number of hydrogen-bond donors (Lipinski definition) is 2. The highest BCUT2D eigenvalue weighted by molar-refractivity contribution is 5.89. The average Bonchev–Trinajstić information content (AvgIpc) is 2.56. The molecule has 0 spiro atoms. The lowest BCUT2D eigenvalue weighted by atomic mass is 10.0. The summed E-state index contributed by atoms with van der Waals surface area (Å²) < 4.78 is 0. The Morgan fingerprint density at radius 1 is 1.35 bits per heavy atom. The number of hydrogen-bond acceptors (Lipinski definition) is 5. The summed E-state index contributed by atoms with van der Waals surface area (Å²) in [6, 6.07) is 4.62. The number of pyridine rings is 1. The summed E-state index contributed by atoms with van der Waals surface area (Å²) in [6.45, 7) is 2.96. The first-order valence-electron chi connectivity index (χ1n) is 8.42. The monoisotopic (exact) mass is 319 g/mol. The molecule has 1 aromatic rings. The number of rotatable bonds is 7. The summed E-state index contributed by atoms with van der Waals surface area (Å²) in [7, 11) is 6.19. The maximum atomic E-state index is 11.8. The fourth-order valence-corrected chi connectivity index (χ4v) is 2.92. The number of aromatic nitrogens is 1. The van der Waals surface area contributed by atoms with Crippen LogP contribution in [0.25, 0.3) is 0 Å². The number of nitrogens with zero attached hydrogens (tertiary/aromatic N) is 3. The van der Waals surface area contributed by atoms with Gasteiger partial charge in [-0.2, -0.15) is 0 Å². The Morgan fingerprint density at radius 2 is 2.09 bits per heavy atom. The number of nitrogens with one attached hydrogen (secondary N) is 2. The minimum Gasteiger partial charge on any atom is -0.370 e. The molecule has 0 atom stereocenters. The molecule has 1 saturated heterocycles. The van der Waals surface area contributed by atoms with Crippen molar-refractivity contribution < 1.29 is 4.79 Å². The van der Waals surface area contributed by atoms with Crippen molar-refractivity contribution in [1.29, 1.82) is 0 Å². The Bertz CT molecular complexity index is 480. The van der Waals surface area contributed by atoms with Gasteiger partial charge in [0.1, 0.15) is 5.82 Å². The first-order valence-corrected chi connectivity index (χ1v) is 8.42. The Hall–Kier alpha value is -1.66. The molecule has 1 aliphatic heterocycles. The van der Waals surface area contributed by atoms with Gasteiger partial charge in [0.2, 0.25) is 5.91 Å². The van der Waals surface area contributed by atoms with E-state index in [0.717, 1.165) is 31.7 Å². The SMILES string of the molecule is CNCCCC(=O)Nc1ccc(N2CCC(N(C)C)CC2)cn1. The van der Waals surface area contributed by atoms with Gasteiger partial charge in [-0.05, 0) is 59.1 Å². The van der Waals surface area contributed by atoms with E-state index in [4.69, 9.17) is 0 Å². The highest BCUT2D eigenvalue weighted by atomic mass is 16.1. The average molecular weight is 319 g/mol. The predicted octanol–water partition coefficient (Wildman–Crippen LogP) is 1.55. The molecule has 2 N–H and O–H groups in total. The van der Waals surface area contributed by atoms with E-state index in [-0.39, 0.29) is 5.91 Å². The molecule has 1 aromatic heterocycles. The molecule has 6 nitrogen and oxygen atoms in total. The van der Waals surface area contributed by atoms with E-state index < -0.39 is 0 Å². The van der Waals surface area contributed by atoms with Crippen molar-refractivity contribution in [3.63, 3.8) is 0 Å². The molecule has 6 heteroatoms. The standard InChI is InChI=1S/C17H29N5O/c1-18-10-4-5-17(23)20-16-7-6-15(13-19-16)22-11-8-14(9-12-22)21(2)3/h6-7,13-14,18H,4-5,8-12H2,1-3H3,(H,19,20,23). The Kier molecular flexibility index (Phi) is 6.80. The summed E-state index contributed by atoms with van der Waals surface area (Å²) in [5.41, 5.74) is 1.13. The first kappa shape index (κ1) is 17.7. The molecule has 1 aliphatic rings. The predicted molar refractivity (Wildman–Crippen MR) is 94.9 cm³/mol. The number of anilines is 2. The highest BCUT2D eigenvalue weighted by Gasteiger charge is 2.20. The van der Waals surface area contributed by atoms with E-state index in [1.807, 2.05) is 25.4 Å². The molecule has 2 rings (SSSR count). The van der Waals surface area contributed by atoms with Gasteiger partial charge in [0.25, 0.3) is 0 Å². The molecule has 0 unspecified atom stereocenters. The zero-order valence-corrected chi connectivity index (χ0v) is 14.5. The van der Waals surface area contributed by atoms with Crippen molar-refractivity contribution in [3.05, 3.63) is 18.3 Å². The number of piperidine rings is 1. The molecule has 0 aliphatic carbocycles. The van der Waals surface area contributed by atoms with E-state index >= 15 is 0 Å². The molecule has 0 saturated carbocycles. The largest absolute Gasteiger partial charge is 0.370 e. The number of carbonyl (C=O) groups excluding carboxylic acids is 1. The molecule has 23 heavy (non-hydrogen) atoms. The van der Waals surface area contributed by atoms with Crippen LogP contribution in [-0.4, -0.2) is 62.6 Å². The van der Waals surface area contributed by atoms with Crippen LogP contribution in [0.15, 0.2) is 18.3 Å². The van der Waals surface area contributed by atoms with Crippen molar-refractivity contribution in [1.82, 2.24) is 15.2 Å². The van der Waals surface area contributed by atoms with Crippen LogP contribution in [0, 0.1) is 0 Å². The summed E-state index contributed by atoms with van der Waals surface area (Å²) in [5.74, 6) is 0.652. The minimum absolute atomic E-state index is 0.0206. The van der Waals surface area contributed by atoms with Gasteiger partial charge >= 0.3 is 0 Å². The molecule has 2 heterocycles. The van der Waals surface area contributed by atoms with Crippen molar-refractivity contribution in [3.8, 4) is 0 Å². The van der Waals surface area contributed by atoms with Crippen LogP contribution < -0.4 is 15.5 Å². The second kappa shape index (κ2) is 8.84. The van der Waals surface area contributed by atoms with E-state index in [1.165, 1.54) is 12.8 Å². The van der Waals surface area contributed by atoms with Gasteiger partial charge in [-0.25, -0.2) is 4.98 Å². The lowest BCUT2D eigenvalue weighted by Gasteiger charge is -2.36. The maximum Gasteiger partial charge on any atom is 0.225 e. The van der Waals surface area contributed by atoms with Gasteiger partial charge in [0.15, 0.2) is 0 Å². The normalized spacial score (nSPS) is 15.9. The van der Waals surface area contributed by atoms with E-state index in [9.17, 15) is 4.79 Å². The minimum atomic E-state index is 0.0206. The van der Waals surface area contributed by atoms with Crippen LogP contribution in [0.1, 0.15) is 25.7 Å². The van der Waals surface area contributed by atoms with Gasteiger partial charge < -0.3 is 20.4 Å². The lowest BCUT2D eigenvalue weighted by Crippen LogP contribution is -2.42. The fraction of sp³-hybridized carbons (Fsp3) is 0.647. The van der Waals surface area contributed by atoms with Crippen LogP contribution in [-0.2, 0) is 4.79 Å². The van der Waals surface area contributed by atoms with E-state index in [2.05, 4.69) is 39.5 Å². The third kappa shape index (κ3) is 5.48. The van der Waals surface area contributed by atoms with Gasteiger partial charge in [-0.1, -0.05) is 0 Å². The second-order valence-electron chi connectivity index (χ2n) is 6.34. The van der Waals surface area contributed by atoms with Crippen LogP contribution >= 0.6 is 0 Å². The summed E-state index contributed by atoms with van der Waals surface area (Å²) >= 11 is 0. The van der Waals surface area contributed by atoms with E-state index in [1.54, 1.807) is 0 Å². The van der Waals surface area contributed by atoms with Crippen molar-refractivity contribution >= 4 is 17.4 Å². The summed E-state index contributed by atoms with van der Waals surface area (Å²) in [4.78, 5) is 20.8. The fourth-order valence-electron chi connectivity index (χ4n) is 2.92. The third-order valence-corrected chi connectivity index (χ3v) is 4.41. The highest BCUT2D eigenvalue weighted by Crippen LogP contribution is 2.21. The van der Waals surface area contributed by atoms with Crippen molar-refractivity contribution in [2.24, 2.45) is 0 Å². The van der Waals surface area contributed by atoms with Gasteiger partial charge in [-0.3, -0.25) is 4.79 Å². The third-order valence-electron chi connectivity index (χ3n) is 4.41. The summed E-state index contributed by atoms with van der Waals surface area (Å²) in [5, 5.41) is 5.89. The van der Waals surface area contributed by atoms with Crippen LogP contribution in [0.4, 0.5) is 11.5 Å². The Balaban J connectivity index is 1.82. The quantitative estimate of drug-likeness (QED) is 0.747. The van der Waals surface area contributed by atoms with Gasteiger partial charge in [-0.15, -0.1) is 0 Å². The first-order chi connectivity index (χ1) is 11.1. The zero-order valence-electron chi connectivity index (χ0n) is 14.5. The molecule has 0 bridgehead atoms. The van der Waals surface area contributed by atoms with Crippen LogP contribution in [0.3, 0.4) is 0 Å². The van der Waals surface area contributed by atoms with Crippen LogP contribution in [0.5, 0.6) is 0 Å². The van der Waals surface area contributed by atoms with Gasteiger partial charge in [0, 0.05) is 25.6 Å². The van der Waals surface area contributed by atoms with Gasteiger partial charge in [0.05, 0.1) is 11.9 Å². The van der Waals surface area contributed by atoms with Crippen molar-refractivity contribution in [2.75, 3.05) is 51.0 Å². The molecule has 0 radical (unpaired) electrons. The Morgan fingerprint density at radius 3 is 2.65 bits per heavy atom. The molecule has 1 amide bonds. The maximum absolute atomic E-state index is 11.8. The van der Waals surface area contributed by atoms with E-state index in [0.29, 0.717) is 18.3 Å².